The molecule has 1 aromatic rings. The van der Waals surface area contributed by atoms with Crippen LogP contribution < -0.4 is 4.74 Å². The lowest BCUT2D eigenvalue weighted by atomic mass is 10.1. The number of amides is 1. The van der Waals surface area contributed by atoms with E-state index in [-0.39, 0.29) is 6.09 Å². The number of hydrogen-bond donors (Lipinski definition) is 0. The number of hydrogen-bond acceptors (Lipinski definition) is 3. The smallest absolute Gasteiger partial charge is 0.414 e. The van der Waals surface area contributed by atoms with Gasteiger partial charge in [-0.3, -0.25) is 4.90 Å². The van der Waals surface area contributed by atoms with Gasteiger partial charge in [0.1, 0.15) is 11.4 Å². The lowest BCUT2D eigenvalue weighted by Crippen LogP contribution is -2.36. The van der Waals surface area contributed by atoms with E-state index >= 15 is 0 Å². The van der Waals surface area contributed by atoms with Crippen molar-refractivity contribution in [3.8, 4) is 5.75 Å². The number of benzene rings is 1. The summed E-state index contributed by atoms with van der Waals surface area (Å²) in [5.74, 6) is 0.817. The molecule has 0 saturated heterocycles. The van der Waals surface area contributed by atoms with E-state index in [1.165, 1.54) is 32.1 Å². The van der Waals surface area contributed by atoms with E-state index in [1.54, 1.807) is 7.11 Å². The molecule has 1 amide bonds. The molecule has 0 N–H and O–H groups in total. The maximum Gasteiger partial charge on any atom is 0.414 e. The zero-order valence-corrected chi connectivity index (χ0v) is 18.1. The van der Waals surface area contributed by atoms with Crippen LogP contribution in [-0.4, -0.2) is 30.2 Å². The first-order chi connectivity index (χ1) is 13.4. The minimum atomic E-state index is -0.511. The predicted molar refractivity (Wildman–Crippen MR) is 115 cm³/mol. The molecule has 4 heteroatoms. The highest BCUT2D eigenvalue weighted by Gasteiger charge is 2.25. The van der Waals surface area contributed by atoms with Crippen LogP contribution in [0.25, 0.3) is 5.70 Å². The molecule has 1 aromatic carbocycles. The molecular formula is C24H37NO3. The lowest BCUT2D eigenvalue weighted by molar-refractivity contribution is 0.0351. The van der Waals surface area contributed by atoms with Crippen LogP contribution in [0.2, 0.25) is 0 Å². The number of allylic oxidation sites excluding steroid dienone is 1. The lowest BCUT2D eigenvalue weighted by Gasteiger charge is -2.29. The van der Waals surface area contributed by atoms with E-state index in [9.17, 15) is 4.79 Å². The van der Waals surface area contributed by atoms with Crippen molar-refractivity contribution < 1.29 is 14.3 Å². The summed E-state index contributed by atoms with van der Waals surface area (Å²) in [4.78, 5) is 14.9. The van der Waals surface area contributed by atoms with Crippen molar-refractivity contribution in [1.82, 2.24) is 4.90 Å². The Morgan fingerprint density at radius 1 is 0.893 bits per heavy atom. The molecule has 0 atom stereocenters. The maximum absolute atomic E-state index is 13.0. The zero-order valence-electron chi connectivity index (χ0n) is 18.1. The highest BCUT2D eigenvalue weighted by molar-refractivity contribution is 5.82. The SMILES string of the molecule is COc1ccc(/C2=C\CCCCCCCCCCN2C(=O)OC(C)(C)C)cc1. The van der Waals surface area contributed by atoms with Gasteiger partial charge in [-0.15, -0.1) is 0 Å². The number of ether oxygens (including phenoxy) is 2. The van der Waals surface area contributed by atoms with Gasteiger partial charge in [-0.05, 0) is 69.9 Å². The molecule has 0 radical (unpaired) electrons. The normalized spacial score (nSPS) is 19.4. The summed E-state index contributed by atoms with van der Waals surface area (Å²) < 4.78 is 11.0. The molecule has 4 nitrogen and oxygen atoms in total. The van der Waals surface area contributed by atoms with Crippen molar-refractivity contribution in [3.63, 3.8) is 0 Å². The van der Waals surface area contributed by atoms with E-state index in [4.69, 9.17) is 9.47 Å². The van der Waals surface area contributed by atoms with E-state index in [1.807, 2.05) is 49.9 Å². The zero-order chi connectivity index (χ0) is 20.4. The topological polar surface area (TPSA) is 38.8 Å². The highest BCUT2D eigenvalue weighted by Crippen LogP contribution is 2.26. The fourth-order valence-corrected chi connectivity index (χ4v) is 3.49. The molecular weight excluding hydrogens is 350 g/mol. The number of nitrogens with zero attached hydrogens (tertiary/aromatic N) is 1. The van der Waals surface area contributed by atoms with Crippen molar-refractivity contribution in [2.24, 2.45) is 0 Å². The third-order valence-corrected chi connectivity index (χ3v) is 4.96. The van der Waals surface area contributed by atoms with Crippen molar-refractivity contribution >= 4 is 11.8 Å². The van der Waals surface area contributed by atoms with Crippen molar-refractivity contribution in [1.29, 1.82) is 0 Å². The molecule has 0 aliphatic carbocycles. The summed E-state index contributed by atoms with van der Waals surface area (Å²) in [5, 5.41) is 0. The molecule has 156 valence electrons. The van der Waals surface area contributed by atoms with Crippen LogP contribution in [0.5, 0.6) is 5.75 Å². The molecule has 1 aliphatic heterocycles. The van der Waals surface area contributed by atoms with Gasteiger partial charge in [-0.1, -0.05) is 44.6 Å². The van der Waals surface area contributed by atoms with E-state index in [0.717, 1.165) is 42.7 Å². The standard InChI is InChI=1S/C24H37NO3/c1-24(2,3)28-23(26)25-19-13-11-9-7-5-6-8-10-12-14-22(25)20-15-17-21(27-4)18-16-20/h14-18H,5-13,19H2,1-4H3/b22-14+. The first-order valence-electron chi connectivity index (χ1n) is 10.8. The summed E-state index contributed by atoms with van der Waals surface area (Å²) in [5.41, 5.74) is 1.47. The first-order valence-corrected chi connectivity index (χ1v) is 10.8. The fourth-order valence-electron chi connectivity index (χ4n) is 3.49. The number of rotatable bonds is 2. The first kappa shape index (κ1) is 22.3. The van der Waals surface area contributed by atoms with Crippen LogP contribution >= 0.6 is 0 Å². The molecule has 0 saturated carbocycles. The average molecular weight is 388 g/mol. The van der Waals surface area contributed by atoms with Crippen molar-refractivity contribution in [3.05, 3.63) is 35.9 Å². The Kier molecular flexibility index (Phi) is 8.88. The Morgan fingerprint density at radius 2 is 1.46 bits per heavy atom. The Bertz CT molecular complexity index is 628. The van der Waals surface area contributed by atoms with Crippen molar-refractivity contribution in [2.75, 3.05) is 13.7 Å². The van der Waals surface area contributed by atoms with Gasteiger partial charge < -0.3 is 9.47 Å². The number of methoxy groups -OCH3 is 1. The third kappa shape index (κ3) is 7.57. The molecule has 1 aliphatic rings. The Labute approximate surface area is 170 Å². The monoisotopic (exact) mass is 387 g/mol. The second-order valence-electron chi connectivity index (χ2n) is 8.57. The van der Waals surface area contributed by atoms with E-state index in [0.29, 0.717) is 6.54 Å². The second-order valence-corrected chi connectivity index (χ2v) is 8.57. The fraction of sp³-hybridized carbons (Fsp3) is 0.625. The molecule has 1 heterocycles. The maximum atomic E-state index is 13.0. The van der Waals surface area contributed by atoms with Crippen LogP contribution in [0.15, 0.2) is 30.3 Å². The summed E-state index contributed by atoms with van der Waals surface area (Å²) in [7, 11) is 1.67. The van der Waals surface area contributed by atoms with E-state index < -0.39 is 5.60 Å². The highest BCUT2D eigenvalue weighted by atomic mass is 16.6. The minimum absolute atomic E-state index is 0.260. The van der Waals surface area contributed by atoms with Gasteiger partial charge in [0, 0.05) is 6.54 Å². The molecule has 2 rings (SSSR count). The van der Waals surface area contributed by atoms with Gasteiger partial charge in [0.15, 0.2) is 0 Å². The molecule has 0 aromatic heterocycles. The summed E-state index contributed by atoms with van der Waals surface area (Å²) in [6.07, 6.45) is 12.6. The van der Waals surface area contributed by atoms with Gasteiger partial charge in [0.2, 0.25) is 0 Å². The molecule has 0 spiro atoms. The Morgan fingerprint density at radius 3 is 2.04 bits per heavy atom. The molecule has 28 heavy (non-hydrogen) atoms. The van der Waals surface area contributed by atoms with Gasteiger partial charge in [0.25, 0.3) is 0 Å². The van der Waals surface area contributed by atoms with Crippen molar-refractivity contribution in [2.45, 2.75) is 84.2 Å². The second kappa shape index (κ2) is 11.1. The molecule has 0 fully saturated rings. The summed E-state index contributed by atoms with van der Waals surface area (Å²) in [6, 6.07) is 7.95. The quantitative estimate of drug-likeness (QED) is 0.560. The van der Waals surface area contributed by atoms with E-state index in [2.05, 4.69) is 6.08 Å². The van der Waals surface area contributed by atoms with Crippen LogP contribution in [0.1, 0.15) is 84.1 Å². The minimum Gasteiger partial charge on any atom is -0.497 e. The van der Waals surface area contributed by atoms with Gasteiger partial charge in [-0.25, -0.2) is 4.79 Å². The Balaban J connectivity index is 2.32. The van der Waals surface area contributed by atoms with Crippen LogP contribution in [0.3, 0.4) is 0 Å². The van der Waals surface area contributed by atoms with Crippen LogP contribution in [-0.2, 0) is 4.74 Å². The third-order valence-electron chi connectivity index (χ3n) is 4.96. The van der Waals surface area contributed by atoms with Crippen LogP contribution in [0, 0.1) is 0 Å². The van der Waals surface area contributed by atoms with Gasteiger partial charge in [0.05, 0.1) is 12.8 Å². The predicted octanol–water partition coefficient (Wildman–Crippen LogP) is 6.80. The number of carbonyl (C=O) groups excluding carboxylic acids is 1. The number of carbonyl (C=O) groups is 1. The summed E-state index contributed by atoms with van der Waals surface area (Å²) in [6.45, 7) is 6.44. The van der Waals surface area contributed by atoms with Gasteiger partial charge >= 0.3 is 6.09 Å². The molecule has 0 bridgehead atoms. The average Bonchev–Trinajstić information content (AvgIpc) is 2.67. The Hall–Kier alpha value is -1.97. The van der Waals surface area contributed by atoms with Gasteiger partial charge in [-0.2, -0.15) is 0 Å². The molecule has 0 unspecified atom stereocenters. The summed E-state index contributed by atoms with van der Waals surface area (Å²) >= 11 is 0. The van der Waals surface area contributed by atoms with Crippen LogP contribution in [0.4, 0.5) is 4.79 Å². The largest absolute Gasteiger partial charge is 0.497 e.